The summed E-state index contributed by atoms with van der Waals surface area (Å²) in [6, 6.07) is 8.23. The predicted octanol–water partition coefficient (Wildman–Crippen LogP) is 1.71. The van der Waals surface area contributed by atoms with Gasteiger partial charge >= 0.3 is 7.69 Å². The van der Waals surface area contributed by atoms with Crippen LogP contribution in [0.2, 0.25) is 0 Å². The summed E-state index contributed by atoms with van der Waals surface area (Å²) in [6.07, 6.45) is 0.999. The number of phenols is 2. The maximum atomic E-state index is 10.7. The van der Waals surface area contributed by atoms with Crippen LogP contribution in [0, 0.1) is 0 Å². The molecule has 0 aliphatic carbocycles. The highest BCUT2D eigenvalue weighted by Gasteiger charge is 2.07. The van der Waals surface area contributed by atoms with Gasteiger partial charge in [0.2, 0.25) is 0 Å². The molecule has 0 saturated carbocycles. The van der Waals surface area contributed by atoms with E-state index in [9.17, 15) is 19.8 Å². The lowest BCUT2D eigenvalue weighted by atomic mass is 10.2. The monoisotopic (exact) mass is 285 g/mol. The van der Waals surface area contributed by atoms with Gasteiger partial charge in [-0.3, -0.25) is 9.59 Å². The van der Waals surface area contributed by atoms with Gasteiger partial charge in [-0.25, -0.2) is 0 Å². The molecule has 1 radical (unpaired) electrons. The van der Waals surface area contributed by atoms with Gasteiger partial charge in [0.25, 0.3) is 0 Å². The maximum Gasteiger partial charge on any atom is 0.658 e. The van der Waals surface area contributed by atoms with E-state index in [1.807, 2.05) is 0 Å². The number of aromatic hydroxyl groups is 2. The van der Waals surface area contributed by atoms with E-state index in [0.29, 0.717) is 24.1 Å². The molecule has 0 spiro atoms. The van der Waals surface area contributed by atoms with Crippen molar-refractivity contribution in [1.29, 1.82) is 0 Å². The van der Waals surface area contributed by atoms with Crippen LogP contribution in [0.5, 0.6) is 23.0 Å². The second-order valence-corrected chi connectivity index (χ2v) is 4.01. The fraction of sp³-hybridized carbons (Fsp3) is 0. The fourth-order valence-corrected chi connectivity index (χ4v) is 1.54. The Morgan fingerprint density at radius 3 is 1.62 bits per heavy atom. The van der Waals surface area contributed by atoms with E-state index in [1.165, 1.54) is 36.4 Å². The summed E-state index contributed by atoms with van der Waals surface area (Å²) in [4.78, 5) is 21.3. The first-order valence-electron chi connectivity index (χ1n) is 5.85. The van der Waals surface area contributed by atoms with Crippen molar-refractivity contribution >= 4 is 20.3 Å². The highest BCUT2D eigenvalue weighted by Crippen LogP contribution is 2.23. The second-order valence-electron chi connectivity index (χ2n) is 4.01. The van der Waals surface area contributed by atoms with Crippen molar-refractivity contribution in [3.8, 4) is 23.0 Å². The van der Waals surface area contributed by atoms with E-state index >= 15 is 0 Å². The Balaban J connectivity index is 1.98. The normalized spacial score (nSPS) is 9.71. The summed E-state index contributed by atoms with van der Waals surface area (Å²) >= 11 is 0. The van der Waals surface area contributed by atoms with Crippen LogP contribution >= 0.6 is 0 Å². The zero-order valence-electron chi connectivity index (χ0n) is 10.7. The van der Waals surface area contributed by atoms with E-state index in [0.717, 1.165) is 7.69 Å². The van der Waals surface area contributed by atoms with Gasteiger partial charge in [-0.15, -0.1) is 0 Å². The smallest absolute Gasteiger partial charge is 0.526 e. The minimum atomic E-state index is -0.146. The molecule has 2 aromatic rings. The number of hydrogen-bond acceptors (Lipinski definition) is 6. The molecular formula is C14H10BO6. The lowest BCUT2D eigenvalue weighted by Gasteiger charge is -2.08. The number of hydrogen-bond donors (Lipinski definition) is 2. The predicted molar refractivity (Wildman–Crippen MR) is 74.0 cm³/mol. The molecule has 2 aromatic carbocycles. The number of carbonyl (C=O) groups is 2. The van der Waals surface area contributed by atoms with Crippen molar-refractivity contribution in [2.45, 2.75) is 0 Å². The molecule has 0 unspecified atom stereocenters. The summed E-state index contributed by atoms with van der Waals surface area (Å²) in [5.41, 5.74) is 0.183. The number of phenolic OH excluding ortho intramolecular Hbond substituents is 2. The van der Waals surface area contributed by atoms with Gasteiger partial charge < -0.3 is 19.5 Å². The second kappa shape index (κ2) is 6.47. The summed E-state index contributed by atoms with van der Waals surface area (Å²) in [5, 5.41) is 18.7. The highest BCUT2D eigenvalue weighted by molar-refractivity contribution is 6.20. The lowest BCUT2D eigenvalue weighted by molar-refractivity contribution is 0.111. The zero-order valence-corrected chi connectivity index (χ0v) is 10.7. The maximum absolute atomic E-state index is 10.7. The molecule has 21 heavy (non-hydrogen) atoms. The van der Waals surface area contributed by atoms with Gasteiger partial charge in [0.05, 0.1) is 11.1 Å². The Labute approximate surface area is 120 Å². The fourth-order valence-electron chi connectivity index (χ4n) is 1.54. The molecular weight excluding hydrogens is 275 g/mol. The van der Waals surface area contributed by atoms with Crippen LogP contribution in [-0.4, -0.2) is 30.5 Å². The SMILES string of the molecule is O=Cc1cc(O[B]Oc2ccc(O)c(C=O)c2)ccc1O. The number of aldehydes is 2. The molecule has 0 atom stereocenters. The van der Waals surface area contributed by atoms with E-state index in [-0.39, 0.29) is 22.6 Å². The molecule has 0 fully saturated rings. The van der Waals surface area contributed by atoms with Gasteiger partial charge in [0.15, 0.2) is 12.6 Å². The first-order chi connectivity index (χ1) is 10.1. The first kappa shape index (κ1) is 14.5. The molecule has 0 aromatic heterocycles. The van der Waals surface area contributed by atoms with Crippen molar-refractivity contribution in [1.82, 2.24) is 0 Å². The minimum Gasteiger partial charge on any atom is -0.526 e. The van der Waals surface area contributed by atoms with Crippen LogP contribution in [0.4, 0.5) is 0 Å². The molecule has 6 nitrogen and oxygen atoms in total. The van der Waals surface area contributed by atoms with Crippen LogP contribution in [0.15, 0.2) is 36.4 Å². The van der Waals surface area contributed by atoms with Crippen molar-refractivity contribution in [2.24, 2.45) is 0 Å². The van der Waals surface area contributed by atoms with Crippen LogP contribution in [0.3, 0.4) is 0 Å². The van der Waals surface area contributed by atoms with Crippen molar-refractivity contribution < 1.29 is 29.1 Å². The summed E-state index contributed by atoms with van der Waals surface area (Å²) in [5.74, 6) is 0.299. The average Bonchev–Trinajstić information content (AvgIpc) is 2.50. The number of benzene rings is 2. The Morgan fingerprint density at radius 1 is 0.810 bits per heavy atom. The minimum absolute atomic E-state index is 0.0915. The van der Waals surface area contributed by atoms with Crippen LogP contribution in [0.25, 0.3) is 0 Å². The van der Waals surface area contributed by atoms with Crippen molar-refractivity contribution in [2.75, 3.05) is 0 Å². The van der Waals surface area contributed by atoms with E-state index in [4.69, 9.17) is 9.31 Å². The largest absolute Gasteiger partial charge is 0.658 e. The van der Waals surface area contributed by atoms with Crippen LogP contribution in [0.1, 0.15) is 20.7 Å². The molecule has 0 bridgehead atoms. The third kappa shape index (κ3) is 3.53. The van der Waals surface area contributed by atoms with Gasteiger partial charge in [-0.2, -0.15) is 0 Å². The third-order valence-corrected chi connectivity index (χ3v) is 2.62. The first-order valence-corrected chi connectivity index (χ1v) is 5.85. The van der Waals surface area contributed by atoms with Gasteiger partial charge in [-0.1, -0.05) is 0 Å². The molecule has 7 heteroatoms. The molecule has 2 rings (SSSR count). The van der Waals surface area contributed by atoms with Crippen LogP contribution < -0.4 is 9.31 Å². The van der Waals surface area contributed by atoms with E-state index in [1.54, 1.807) is 0 Å². The Bertz CT molecular complexity index is 613. The third-order valence-electron chi connectivity index (χ3n) is 2.62. The quantitative estimate of drug-likeness (QED) is 0.620. The van der Waals surface area contributed by atoms with Gasteiger partial charge in [0, 0.05) is 0 Å². The Hall–Kier alpha value is -2.96. The summed E-state index contributed by atoms with van der Waals surface area (Å²) in [6.45, 7) is 0. The summed E-state index contributed by atoms with van der Waals surface area (Å²) < 4.78 is 10.3. The molecule has 0 saturated heterocycles. The van der Waals surface area contributed by atoms with Gasteiger partial charge in [-0.05, 0) is 36.4 Å². The Kier molecular flexibility index (Phi) is 4.45. The van der Waals surface area contributed by atoms with E-state index < -0.39 is 0 Å². The molecule has 0 heterocycles. The molecule has 2 N–H and O–H groups in total. The number of rotatable bonds is 6. The zero-order chi connectivity index (χ0) is 15.2. The lowest BCUT2D eigenvalue weighted by Crippen LogP contribution is -2.11. The van der Waals surface area contributed by atoms with Crippen molar-refractivity contribution in [3.63, 3.8) is 0 Å². The van der Waals surface area contributed by atoms with E-state index in [2.05, 4.69) is 0 Å². The molecule has 0 aliphatic heterocycles. The summed E-state index contributed by atoms with van der Waals surface area (Å²) in [7, 11) is 1.00. The Morgan fingerprint density at radius 2 is 1.24 bits per heavy atom. The van der Waals surface area contributed by atoms with Gasteiger partial charge in [0.1, 0.15) is 23.0 Å². The molecule has 0 amide bonds. The van der Waals surface area contributed by atoms with Crippen LogP contribution in [-0.2, 0) is 0 Å². The average molecular weight is 285 g/mol. The molecule has 0 aliphatic rings. The highest BCUT2D eigenvalue weighted by atomic mass is 16.6. The van der Waals surface area contributed by atoms with Crippen molar-refractivity contribution in [3.05, 3.63) is 47.5 Å². The number of carbonyl (C=O) groups excluding carboxylic acids is 2. The molecule has 105 valence electrons. The topological polar surface area (TPSA) is 93.1 Å². The standard InChI is InChI=1S/C14H10BO6/c16-7-9-5-11(1-3-13(9)18)20-15-21-12-2-4-14(19)10(6-12)8-17/h1-8,18-19H.